The molecule has 70 valence electrons. The van der Waals surface area contributed by atoms with E-state index in [4.69, 9.17) is 0 Å². The first-order chi connectivity index (χ1) is 6.24. The smallest absolute Gasteiger partial charge is 0.00518 e. The minimum absolute atomic E-state index is 0.601. The normalized spacial score (nSPS) is 22.7. The Balaban J connectivity index is 3.05. The predicted molar refractivity (Wildman–Crippen MR) is 59.6 cm³/mol. The van der Waals surface area contributed by atoms with Gasteiger partial charge in [-0.05, 0) is 31.4 Å². The lowest BCUT2D eigenvalue weighted by Gasteiger charge is -2.11. The molecule has 0 N–H and O–H groups in total. The van der Waals surface area contributed by atoms with E-state index in [1.807, 2.05) is 6.08 Å². The van der Waals surface area contributed by atoms with Gasteiger partial charge >= 0.3 is 0 Å². The Morgan fingerprint density at radius 1 is 1.54 bits per heavy atom. The van der Waals surface area contributed by atoms with Gasteiger partial charge < -0.3 is 0 Å². The lowest BCUT2D eigenvalue weighted by atomic mass is 9.93. The van der Waals surface area contributed by atoms with Crippen LogP contribution < -0.4 is 0 Å². The Morgan fingerprint density at radius 3 is 2.69 bits per heavy atom. The molecule has 0 amide bonds. The monoisotopic (exact) mass is 174 g/mol. The minimum atomic E-state index is 0.601. The molecule has 0 radical (unpaired) electrons. The van der Waals surface area contributed by atoms with Crippen molar-refractivity contribution in [3.05, 3.63) is 47.6 Å². The van der Waals surface area contributed by atoms with Crippen molar-refractivity contribution in [2.45, 2.75) is 27.2 Å². The van der Waals surface area contributed by atoms with Crippen molar-refractivity contribution in [2.75, 3.05) is 0 Å². The van der Waals surface area contributed by atoms with E-state index >= 15 is 0 Å². The summed E-state index contributed by atoms with van der Waals surface area (Å²) in [5.74, 6) is 0.601. The van der Waals surface area contributed by atoms with Crippen molar-refractivity contribution in [2.24, 2.45) is 5.92 Å². The molecular formula is C13H18. The number of hydrogen-bond acceptors (Lipinski definition) is 0. The van der Waals surface area contributed by atoms with Crippen LogP contribution in [0.15, 0.2) is 47.6 Å². The van der Waals surface area contributed by atoms with Gasteiger partial charge in [0, 0.05) is 5.92 Å². The van der Waals surface area contributed by atoms with Crippen LogP contribution in [0.1, 0.15) is 27.2 Å². The molecule has 0 fully saturated rings. The van der Waals surface area contributed by atoms with Crippen LogP contribution in [0.2, 0.25) is 0 Å². The molecule has 1 aliphatic rings. The van der Waals surface area contributed by atoms with Crippen molar-refractivity contribution >= 4 is 0 Å². The molecule has 0 heterocycles. The van der Waals surface area contributed by atoms with E-state index in [1.54, 1.807) is 0 Å². The fourth-order valence-corrected chi connectivity index (χ4v) is 2.00. The zero-order valence-electron chi connectivity index (χ0n) is 8.80. The van der Waals surface area contributed by atoms with Crippen LogP contribution in [0.25, 0.3) is 0 Å². The first kappa shape index (κ1) is 10.0. The molecule has 0 spiro atoms. The van der Waals surface area contributed by atoms with E-state index in [-0.39, 0.29) is 0 Å². The summed E-state index contributed by atoms with van der Waals surface area (Å²) >= 11 is 0. The summed E-state index contributed by atoms with van der Waals surface area (Å²) < 4.78 is 0. The van der Waals surface area contributed by atoms with Crippen LogP contribution in [0.5, 0.6) is 0 Å². The lowest BCUT2D eigenvalue weighted by Crippen LogP contribution is -1.98. The second kappa shape index (κ2) is 4.27. The molecule has 0 aromatic rings. The first-order valence-electron chi connectivity index (χ1n) is 4.92. The molecule has 1 unspecified atom stereocenters. The third kappa shape index (κ3) is 1.82. The van der Waals surface area contributed by atoms with Crippen LogP contribution in [0.4, 0.5) is 0 Å². The SMILES string of the molecule is C=CC1=C(/C=C\C)C=C(C)C1CC. The Hall–Kier alpha value is -1.04. The molecule has 0 aliphatic heterocycles. The van der Waals surface area contributed by atoms with Crippen LogP contribution in [0, 0.1) is 5.92 Å². The fourth-order valence-electron chi connectivity index (χ4n) is 2.00. The summed E-state index contributed by atoms with van der Waals surface area (Å²) in [5.41, 5.74) is 4.19. The second-order valence-corrected chi connectivity index (χ2v) is 3.46. The Kier molecular flexibility index (Phi) is 3.30. The van der Waals surface area contributed by atoms with E-state index in [0.717, 1.165) is 0 Å². The third-order valence-corrected chi connectivity index (χ3v) is 2.62. The highest BCUT2D eigenvalue weighted by Gasteiger charge is 2.19. The first-order valence-corrected chi connectivity index (χ1v) is 4.92. The average molecular weight is 174 g/mol. The maximum absolute atomic E-state index is 3.88. The third-order valence-electron chi connectivity index (χ3n) is 2.62. The second-order valence-electron chi connectivity index (χ2n) is 3.46. The highest BCUT2D eigenvalue weighted by Crippen LogP contribution is 2.34. The van der Waals surface area contributed by atoms with Crippen molar-refractivity contribution in [1.82, 2.24) is 0 Å². The van der Waals surface area contributed by atoms with Gasteiger partial charge in [-0.2, -0.15) is 0 Å². The van der Waals surface area contributed by atoms with Gasteiger partial charge in [0.1, 0.15) is 0 Å². The van der Waals surface area contributed by atoms with Crippen LogP contribution in [-0.2, 0) is 0 Å². The molecule has 1 aliphatic carbocycles. The zero-order valence-corrected chi connectivity index (χ0v) is 8.80. The van der Waals surface area contributed by atoms with E-state index in [9.17, 15) is 0 Å². The quantitative estimate of drug-likeness (QED) is 0.606. The van der Waals surface area contributed by atoms with Crippen LogP contribution >= 0.6 is 0 Å². The highest BCUT2D eigenvalue weighted by atomic mass is 14.2. The Labute approximate surface area is 81.4 Å². The predicted octanol–water partition coefficient (Wildman–Crippen LogP) is 4.03. The molecule has 0 bridgehead atoms. The summed E-state index contributed by atoms with van der Waals surface area (Å²) in [6.45, 7) is 10.4. The number of allylic oxidation sites excluding steroid dienone is 7. The molecule has 1 rings (SSSR count). The molecular weight excluding hydrogens is 156 g/mol. The lowest BCUT2D eigenvalue weighted by molar-refractivity contribution is 0.711. The van der Waals surface area contributed by atoms with Crippen LogP contribution in [0.3, 0.4) is 0 Å². The van der Waals surface area contributed by atoms with Crippen molar-refractivity contribution < 1.29 is 0 Å². The largest absolute Gasteiger partial charge is 0.0987 e. The summed E-state index contributed by atoms with van der Waals surface area (Å²) in [6, 6.07) is 0. The van der Waals surface area contributed by atoms with Gasteiger partial charge in [0.05, 0.1) is 0 Å². The van der Waals surface area contributed by atoms with E-state index < -0.39 is 0 Å². The maximum Gasteiger partial charge on any atom is 0.00518 e. The zero-order chi connectivity index (χ0) is 9.84. The topological polar surface area (TPSA) is 0 Å². The number of hydrogen-bond donors (Lipinski definition) is 0. The molecule has 13 heavy (non-hydrogen) atoms. The van der Waals surface area contributed by atoms with Gasteiger partial charge in [-0.3, -0.25) is 0 Å². The molecule has 0 aromatic carbocycles. The maximum atomic E-state index is 3.88. The van der Waals surface area contributed by atoms with Crippen molar-refractivity contribution in [3.63, 3.8) is 0 Å². The summed E-state index contributed by atoms with van der Waals surface area (Å²) in [6.07, 6.45) is 9.68. The van der Waals surface area contributed by atoms with Gasteiger partial charge in [-0.25, -0.2) is 0 Å². The fraction of sp³-hybridized carbons (Fsp3) is 0.385. The molecule has 0 aromatic heterocycles. The summed E-state index contributed by atoms with van der Waals surface area (Å²) in [4.78, 5) is 0. The molecule has 0 saturated carbocycles. The van der Waals surface area contributed by atoms with Gasteiger partial charge in [0.15, 0.2) is 0 Å². The van der Waals surface area contributed by atoms with Crippen molar-refractivity contribution in [3.8, 4) is 0 Å². The molecule has 0 saturated heterocycles. The average Bonchev–Trinajstić information content (AvgIpc) is 2.41. The summed E-state index contributed by atoms with van der Waals surface area (Å²) in [5, 5.41) is 0. The van der Waals surface area contributed by atoms with Gasteiger partial charge in [-0.1, -0.05) is 43.4 Å². The van der Waals surface area contributed by atoms with Crippen LogP contribution in [-0.4, -0.2) is 0 Å². The Morgan fingerprint density at radius 2 is 2.23 bits per heavy atom. The summed E-state index contributed by atoms with van der Waals surface area (Å²) in [7, 11) is 0. The minimum Gasteiger partial charge on any atom is -0.0987 e. The Bertz CT molecular complexity index is 287. The van der Waals surface area contributed by atoms with E-state index in [0.29, 0.717) is 5.92 Å². The van der Waals surface area contributed by atoms with Gasteiger partial charge in [0.25, 0.3) is 0 Å². The van der Waals surface area contributed by atoms with Crippen molar-refractivity contribution in [1.29, 1.82) is 0 Å². The number of rotatable bonds is 3. The molecule has 0 heteroatoms. The molecule has 0 nitrogen and oxygen atoms in total. The van der Waals surface area contributed by atoms with E-state index in [1.165, 1.54) is 23.1 Å². The van der Waals surface area contributed by atoms with Gasteiger partial charge in [-0.15, -0.1) is 0 Å². The van der Waals surface area contributed by atoms with Gasteiger partial charge in [0.2, 0.25) is 0 Å². The standard InChI is InChI=1S/C13H18/c1-5-8-11-9-10(4)12(6-2)13(11)7-3/h5,7-9,12H,3,6H2,1-2,4H3/b8-5-. The highest BCUT2D eigenvalue weighted by molar-refractivity contribution is 5.51. The molecule has 1 atom stereocenters. The van der Waals surface area contributed by atoms with E-state index in [2.05, 4.69) is 45.6 Å².